The number of aryl methyl sites for hydroxylation is 1. The molecule has 0 saturated heterocycles. The first kappa shape index (κ1) is 11.8. The maximum atomic E-state index is 11.2. The molecule has 0 bridgehead atoms. The van der Waals surface area contributed by atoms with Gasteiger partial charge in [0.1, 0.15) is 5.70 Å². The second kappa shape index (κ2) is 5.58. The summed E-state index contributed by atoms with van der Waals surface area (Å²) in [6.45, 7) is 1.96. The first-order valence-corrected chi connectivity index (χ1v) is 4.59. The van der Waals surface area contributed by atoms with E-state index in [-0.39, 0.29) is 5.70 Å². The Morgan fingerprint density at radius 3 is 2.56 bits per heavy atom. The van der Waals surface area contributed by atoms with Crippen LogP contribution in [0, 0.1) is 6.92 Å². The zero-order valence-corrected chi connectivity index (χ0v) is 9.04. The van der Waals surface area contributed by atoms with Gasteiger partial charge in [0.15, 0.2) is 0 Å². The molecule has 1 rings (SSSR count). The van der Waals surface area contributed by atoms with Crippen LogP contribution in [0.3, 0.4) is 0 Å². The molecular weight excluding hydrogens is 206 g/mol. The van der Waals surface area contributed by atoms with Crippen molar-refractivity contribution in [1.29, 1.82) is 0 Å². The molecule has 16 heavy (non-hydrogen) atoms. The molecule has 0 unspecified atom stereocenters. The Kier molecular flexibility index (Phi) is 4.12. The van der Waals surface area contributed by atoms with Crippen molar-refractivity contribution in [2.45, 2.75) is 6.92 Å². The predicted molar refractivity (Wildman–Crippen MR) is 60.3 cm³/mol. The van der Waals surface area contributed by atoms with Gasteiger partial charge in [0.25, 0.3) is 0 Å². The summed E-state index contributed by atoms with van der Waals surface area (Å²) in [6, 6.07) is 7.45. The summed E-state index contributed by atoms with van der Waals surface area (Å²) in [4.78, 5) is 13.8. The molecule has 0 aliphatic heterocycles. The van der Waals surface area contributed by atoms with Crippen molar-refractivity contribution in [2.24, 2.45) is 5.11 Å². The van der Waals surface area contributed by atoms with Gasteiger partial charge in [0, 0.05) is 4.91 Å². The Morgan fingerprint density at radius 1 is 1.44 bits per heavy atom. The van der Waals surface area contributed by atoms with Crippen molar-refractivity contribution in [2.75, 3.05) is 7.11 Å². The summed E-state index contributed by atoms with van der Waals surface area (Å²) in [6.07, 6.45) is 1.48. The molecule has 0 saturated carbocycles. The van der Waals surface area contributed by atoms with Gasteiger partial charge in [-0.25, -0.2) is 4.79 Å². The van der Waals surface area contributed by atoms with Crippen LogP contribution in [0.2, 0.25) is 0 Å². The van der Waals surface area contributed by atoms with E-state index >= 15 is 0 Å². The quantitative estimate of drug-likeness (QED) is 0.256. The fraction of sp³-hybridized carbons (Fsp3) is 0.182. The molecule has 0 heterocycles. The number of azide groups is 1. The van der Waals surface area contributed by atoms with Crippen molar-refractivity contribution in [1.82, 2.24) is 0 Å². The van der Waals surface area contributed by atoms with Gasteiger partial charge in [-0.05, 0) is 24.1 Å². The van der Waals surface area contributed by atoms with Crippen LogP contribution in [0.15, 0.2) is 35.1 Å². The minimum Gasteiger partial charge on any atom is -0.466 e. The van der Waals surface area contributed by atoms with Gasteiger partial charge in [-0.15, -0.1) is 0 Å². The van der Waals surface area contributed by atoms with E-state index in [2.05, 4.69) is 14.8 Å². The summed E-state index contributed by atoms with van der Waals surface area (Å²) < 4.78 is 4.49. The van der Waals surface area contributed by atoms with Crippen LogP contribution in [-0.2, 0) is 9.53 Å². The molecule has 5 nitrogen and oxygen atoms in total. The normalized spacial score (nSPS) is 10.5. The Hall–Kier alpha value is -2.26. The molecular formula is C11H11N3O2. The third-order valence-corrected chi connectivity index (χ3v) is 1.93. The first-order chi connectivity index (χ1) is 7.67. The SMILES string of the molecule is COC(=O)C(=Cc1ccc(C)cc1)N=[N+]=[N-]. The Morgan fingerprint density at radius 2 is 2.06 bits per heavy atom. The Balaban J connectivity index is 3.06. The fourth-order valence-electron chi connectivity index (χ4n) is 1.10. The highest BCUT2D eigenvalue weighted by Crippen LogP contribution is 2.10. The van der Waals surface area contributed by atoms with Crippen molar-refractivity contribution >= 4 is 12.0 Å². The summed E-state index contributed by atoms with van der Waals surface area (Å²) in [7, 11) is 1.23. The highest BCUT2D eigenvalue weighted by Gasteiger charge is 2.06. The summed E-state index contributed by atoms with van der Waals surface area (Å²) in [5, 5.41) is 3.28. The monoisotopic (exact) mass is 217 g/mol. The lowest BCUT2D eigenvalue weighted by molar-refractivity contribution is -0.136. The summed E-state index contributed by atoms with van der Waals surface area (Å²) >= 11 is 0. The van der Waals surface area contributed by atoms with Gasteiger partial charge in [-0.2, -0.15) is 0 Å². The molecule has 0 spiro atoms. The number of nitrogens with zero attached hydrogens (tertiary/aromatic N) is 3. The highest BCUT2D eigenvalue weighted by atomic mass is 16.5. The number of benzene rings is 1. The molecule has 0 amide bonds. The molecule has 1 aromatic rings. The average molecular weight is 217 g/mol. The Labute approximate surface area is 93.0 Å². The molecule has 0 aliphatic rings. The molecule has 0 atom stereocenters. The highest BCUT2D eigenvalue weighted by molar-refractivity contribution is 5.93. The van der Waals surface area contributed by atoms with Crippen LogP contribution < -0.4 is 0 Å². The van der Waals surface area contributed by atoms with Gasteiger partial charge in [-0.3, -0.25) is 0 Å². The van der Waals surface area contributed by atoms with Crippen LogP contribution in [-0.4, -0.2) is 13.1 Å². The minimum absolute atomic E-state index is 0.0612. The second-order valence-corrected chi connectivity index (χ2v) is 3.12. The van der Waals surface area contributed by atoms with Gasteiger partial charge in [-0.1, -0.05) is 34.9 Å². The van der Waals surface area contributed by atoms with Crippen LogP contribution in [0.25, 0.3) is 16.5 Å². The number of methoxy groups -OCH3 is 1. The zero-order chi connectivity index (χ0) is 12.0. The van der Waals surface area contributed by atoms with Crippen molar-refractivity contribution in [3.05, 3.63) is 51.5 Å². The maximum absolute atomic E-state index is 11.2. The molecule has 1 aromatic carbocycles. The number of hydrogen-bond acceptors (Lipinski definition) is 3. The third-order valence-electron chi connectivity index (χ3n) is 1.93. The van der Waals surface area contributed by atoms with E-state index in [0.29, 0.717) is 0 Å². The molecule has 0 aromatic heterocycles. The van der Waals surface area contributed by atoms with E-state index in [1.165, 1.54) is 13.2 Å². The predicted octanol–water partition coefficient (Wildman–Crippen LogP) is 2.82. The van der Waals surface area contributed by atoms with E-state index in [4.69, 9.17) is 5.53 Å². The van der Waals surface area contributed by atoms with Crippen LogP contribution in [0.4, 0.5) is 0 Å². The number of ether oxygens (including phenoxy) is 1. The number of hydrogen-bond donors (Lipinski definition) is 0. The van der Waals surface area contributed by atoms with Crippen LogP contribution >= 0.6 is 0 Å². The lowest BCUT2D eigenvalue weighted by Crippen LogP contribution is -2.01. The van der Waals surface area contributed by atoms with Crippen LogP contribution in [0.5, 0.6) is 0 Å². The smallest absolute Gasteiger partial charge is 0.340 e. The van der Waals surface area contributed by atoms with Gasteiger partial charge < -0.3 is 4.74 Å². The van der Waals surface area contributed by atoms with Gasteiger partial charge >= 0.3 is 5.97 Å². The van der Waals surface area contributed by atoms with Gasteiger partial charge in [0.05, 0.1) is 7.11 Å². The average Bonchev–Trinajstić information content (AvgIpc) is 2.30. The third kappa shape index (κ3) is 3.15. The fourth-order valence-corrected chi connectivity index (χ4v) is 1.10. The molecule has 5 heteroatoms. The molecule has 0 aliphatic carbocycles. The lowest BCUT2D eigenvalue weighted by Gasteiger charge is -1.99. The molecule has 0 N–H and O–H groups in total. The molecule has 0 fully saturated rings. The van der Waals surface area contributed by atoms with E-state index in [9.17, 15) is 4.79 Å². The van der Waals surface area contributed by atoms with E-state index in [0.717, 1.165) is 11.1 Å². The second-order valence-electron chi connectivity index (χ2n) is 3.12. The lowest BCUT2D eigenvalue weighted by atomic mass is 10.1. The van der Waals surface area contributed by atoms with E-state index in [1.807, 2.05) is 31.2 Å². The first-order valence-electron chi connectivity index (χ1n) is 4.59. The Bertz CT molecular complexity index is 457. The summed E-state index contributed by atoms with van der Waals surface area (Å²) in [5.74, 6) is -0.654. The zero-order valence-electron chi connectivity index (χ0n) is 9.04. The standard InChI is InChI=1S/C11H11N3O2/c1-8-3-5-9(6-4-8)7-10(13-14-12)11(15)16-2/h3-7H,1-2H3. The van der Waals surface area contributed by atoms with Crippen molar-refractivity contribution < 1.29 is 9.53 Å². The largest absolute Gasteiger partial charge is 0.466 e. The van der Waals surface area contributed by atoms with E-state index < -0.39 is 5.97 Å². The van der Waals surface area contributed by atoms with Gasteiger partial charge in [0.2, 0.25) is 0 Å². The molecule has 82 valence electrons. The molecule has 0 radical (unpaired) electrons. The number of carbonyl (C=O) groups excluding carboxylic acids is 1. The van der Waals surface area contributed by atoms with Crippen molar-refractivity contribution in [3.63, 3.8) is 0 Å². The minimum atomic E-state index is -0.654. The topological polar surface area (TPSA) is 75.1 Å². The number of esters is 1. The van der Waals surface area contributed by atoms with Crippen LogP contribution in [0.1, 0.15) is 11.1 Å². The van der Waals surface area contributed by atoms with E-state index in [1.54, 1.807) is 0 Å². The maximum Gasteiger partial charge on any atom is 0.340 e. The number of rotatable bonds is 3. The summed E-state index contributed by atoms with van der Waals surface area (Å²) in [5.41, 5.74) is 10.1. The number of carbonyl (C=O) groups is 1. The van der Waals surface area contributed by atoms with Crippen molar-refractivity contribution in [3.8, 4) is 0 Å².